The highest BCUT2D eigenvalue weighted by Crippen LogP contribution is 2.24. The number of anilines is 3. The van der Waals surface area contributed by atoms with Gasteiger partial charge < -0.3 is 10.6 Å². The maximum Gasteiger partial charge on any atom is 0.274 e. The van der Waals surface area contributed by atoms with E-state index >= 15 is 0 Å². The largest absolute Gasteiger partial charge is 0.339 e. The van der Waals surface area contributed by atoms with E-state index in [0.29, 0.717) is 22.4 Å². The first-order valence-corrected chi connectivity index (χ1v) is 7.94. The van der Waals surface area contributed by atoms with E-state index in [1.165, 1.54) is 12.1 Å². The van der Waals surface area contributed by atoms with Crippen molar-refractivity contribution in [3.05, 3.63) is 76.7 Å². The molecule has 0 aliphatic carbocycles. The minimum absolute atomic E-state index is 0.0466. The number of amides is 1. The summed E-state index contributed by atoms with van der Waals surface area (Å²) in [7, 11) is 0. The molecule has 0 atom stereocenters. The molecule has 132 valence electrons. The van der Waals surface area contributed by atoms with Crippen molar-refractivity contribution in [2.75, 3.05) is 10.6 Å². The summed E-state index contributed by atoms with van der Waals surface area (Å²) < 4.78 is 27.4. The number of nitrogens with one attached hydrogen (secondary N) is 2. The third kappa shape index (κ3) is 3.94. The normalized spacial score (nSPS) is 10.5. The Bertz CT molecular complexity index is 961. The molecule has 26 heavy (non-hydrogen) atoms. The number of aryl methyl sites for hydroxylation is 1. The van der Waals surface area contributed by atoms with Crippen LogP contribution in [-0.4, -0.2) is 15.9 Å². The van der Waals surface area contributed by atoms with Crippen LogP contribution in [0.5, 0.6) is 0 Å². The van der Waals surface area contributed by atoms with Crippen LogP contribution in [0.25, 0.3) is 0 Å². The molecule has 0 spiro atoms. The number of hydrogen-bond donors (Lipinski definition) is 2. The Morgan fingerprint density at radius 3 is 2.42 bits per heavy atom. The lowest BCUT2D eigenvalue weighted by Gasteiger charge is -2.11. The topological polar surface area (TPSA) is 66.9 Å². The molecule has 3 aromatic rings. The first-order chi connectivity index (χ1) is 12.4. The van der Waals surface area contributed by atoms with Crippen LogP contribution < -0.4 is 10.6 Å². The summed E-state index contributed by atoms with van der Waals surface area (Å²) in [6, 6.07) is 11.7. The molecule has 0 saturated heterocycles. The lowest BCUT2D eigenvalue weighted by atomic mass is 10.2. The van der Waals surface area contributed by atoms with Gasteiger partial charge in [-0.2, -0.15) is 0 Å². The molecule has 1 aromatic heterocycles. The van der Waals surface area contributed by atoms with Crippen LogP contribution in [0.4, 0.5) is 26.0 Å². The van der Waals surface area contributed by atoms with Crippen molar-refractivity contribution < 1.29 is 13.6 Å². The van der Waals surface area contributed by atoms with Crippen molar-refractivity contribution in [1.82, 2.24) is 9.97 Å². The Hall–Kier alpha value is -3.06. The smallest absolute Gasteiger partial charge is 0.274 e. The fourth-order valence-corrected chi connectivity index (χ4v) is 2.43. The fourth-order valence-electron chi connectivity index (χ4n) is 2.24. The van der Waals surface area contributed by atoms with Crippen molar-refractivity contribution in [2.45, 2.75) is 6.92 Å². The number of benzene rings is 2. The van der Waals surface area contributed by atoms with Crippen LogP contribution in [0.15, 0.2) is 48.5 Å². The zero-order valence-corrected chi connectivity index (χ0v) is 14.3. The van der Waals surface area contributed by atoms with Crippen molar-refractivity contribution in [2.24, 2.45) is 0 Å². The van der Waals surface area contributed by atoms with Crippen molar-refractivity contribution in [3.8, 4) is 0 Å². The molecular formula is C18H13ClF2N4O. The van der Waals surface area contributed by atoms with Gasteiger partial charge in [0.15, 0.2) is 0 Å². The Morgan fingerprint density at radius 2 is 1.73 bits per heavy atom. The summed E-state index contributed by atoms with van der Waals surface area (Å²) in [4.78, 5) is 20.6. The number of carbonyl (C=O) groups excluding carboxylic acids is 1. The van der Waals surface area contributed by atoms with E-state index < -0.39 is 23.2 Å². The molecule has 3 rings (SSSR count). The highest BCUT2D eigenvalue weighted by Gasteiger charge is 2.16. The molecule has 2 N–H and O–H groups in total. The van der Waals surface area contributed by atoms with E-state index in [1.54, 1.807) is 31.2 Å². The van der Waals surface area contributed by atoms with Gasteiger partial charge in [0.1, 0.15) is 34.7 Å². The average Bonchev–Trinajstić information content (AvgIpc) is 2.59. The van der Waals surface area contributed by atoms with Gasteiger partial charge in [-0.05, 0) is 31.2 Å². The Balaban J connectivity index is 1.87. The minimum atomic E-state index is -0.876. The summed E-state index contributed by atoms with van der Waals surface area (Å²) in [6.07, 6.45) is 0. The van der Waals surface area contributed by atoms with Gasteiger partial charge in [0.25, 0.3) is 5.91 Å². The van der Waals surface area contributed by atoms with Gasteiger partial charge in [-0.15, -0.1) is 0 Å². The highest BCUT2D eigenvalue weighted by molar-refractivity contribution is 6.33. The molecule has 0 unspecified atom stereocenters. The molecule has 0 aliphatic heterocycles. The van der Waals surface area contributed by atoms with Gasteiger partial charge >= 0.3 is 0 Å². The van der Waals surface area contributed by atoms with Gasteiger partial charge in [-0.3, -0.25) is 4.79 Å². The summed E-state index contributed by atoms with van der Waals surface area (Å²) in [5, 5.41) is 5.65. The van der Waals surface area contributed by atoms with Crippen LogP contribution >= 0.6 is 11.6 Å². The summed E-state index contributed by atoms with van der Waals surface area (Å²) in [5.41, 5.74) is 0.0165. The standard InChI is InChI=1S/C18H13ClF2N4O/c1-10-22-15(18(26)25-17-12(20)6-4-7-13(17)21)9-16(23-10)24-14-8-3-2-5-11(14)19/h2-9H,1H3,(H,25,26)(H,22,23,24). The van der Waals surface area contributed by atoms with Crippen LogP contribution in [0.1, 0.15) is 16.3 Å². The van der Waals surface area contributed by atoms with Gasteiger partial charge in [0.05, 0.1) is 10.7 Å². The quantitative estimate of drug-likeness (QED) is 0.694. The number of carbonyl (C=O) groups is 1. The second kappa shape index (κ2) is 7.45. The number of para-hydroxylation sites is 2. The molecule has 0 bridgehead atoms. The molecule has 0 saturated carbocycles. The second-order valence-electron chi connectivity index (χ2n) is 5.34. The molecular weight excluding hydrogens is 362 g/mol. The third-order valence-corrected chi connectivity index (χ3v) is 3.74. The Morgan fingerprint density at radius 1 is 1.04 bits per heavy atom. The van der Waals surface area contributed by atoms with Crippen molar-refractivity contribution >= 4 is 34.7 Å². The summed E-state index contributed by atoms with van der Waals surface area (Å²) in [5.74, 6) is -1.88. The third-order valence-electron chi connectivity index (χ3n) is 3.41. The minimum Gasteiger partial charge on any atom is -0.339 e. The SMILES string of the molecule is Cc1nc(Nc2ccccc2Cl)cc(C(=O)Nc2c(F)cccc2F)n1. The number of nitrogens with zero attached hydrogens (tertiary/aromatic N) is 2. The van der Waals surface area contributed by atoms with Crippen molar-refractivity contribution in [3.63, 3.8) is 0 Å². The van der Waals surface area contributed by atoms with Crippen LogP contribution in [-0.2, 0) is 0 Å². The Kier molecular flexibility index (Phi) is 5.09. The average molecular weight is 375 g/mol. The number of aromatic nitrogens is 2. The van der Waals surface area contributed by atoms with E-state index in [0.717, 1.165) is 12.1 Å². The second-order valence-corrected chi connectivity index (χ2v) is 5.75. The molecule has 0 fully saturated rings. The molecule has 0 radical (unpaired) electrons. The van der Waals surface area contributed by atoms with E-state index in [1.807, 2.05) is 0 Å². The maximum atomic E-state index is 13.7. The first-order valence-electron chi connectivity index (χ1n) is 7.56. The molecule has 1 heterocycles. The van der Waals surface area contributed by atoms with Gasteiger partial charge in [-0.25, -0.2) is 18.7 Å². The summed E-state index contributed by atoms with van der Waals surface area (Å²) >= 11 is 6.09. The van der Waals surface area contributed by atoms with Gasteiger partial charge in [0, 0.05) is 6.07 Å². The zero-order valence-electron chi connectivity index (χ0n) is 13.6. The fraction of sp³-hybridized carbons (Fsp3) is 0.0556. The lowest BCUT2D eigenvalue weighted by molar-refractivity contribution is 0.102. The number of rotatable bonds is 4. The molecule has 0 aliphatic rings. The van der Waals surface area contributed by atoms with Gasteiger partial charge in [0.2, 0.25) is 0 Å². The van der Waals surface area contributed by atoms with E-state index in [2.05, 4.69) is 20.6 Å². The molecule has 5 nitrogen and oxygen atoms in total. The lowest BCUT2D eigenvalue weighted by Crippen LogP contribution is -2.17. The first kappa shape index (κ1) is 17.8. The summed E-state index contributed by atoms with van der Waals surface area (Å²) in [6.45, 7) is 1.60. The van der Waals surface area contributed by atoms with Crippen molar-refractivity contribution in [1.29, 1.82) is 0 Å². The zero-order chi connectivity index (χ0) is 18.7. The maximum absolute atomic E-state index is 13.7. The number of hydrogen-bond acceptors (Lipinski definition) is 4. The molecule has 8 heteroatoms. The van der Waals surface area contributed by atoms with Crippen LogP contribution in [0, 0.1) is 18.6 Å². The van der Waals surface area contributed by atoms with Gasteiger partial charge in [-0.1, -0.05) is 29.8 Å². The predicted octanol–water partition coefficient (Wildman–Crippen LogP) is 4.71. The highest BCUT2D eigenvalue weighted by atomic mass is 35.5. The Labute approximate surface area is 153 Å². The van der Waals surface area contributed by atoms with E-state index in [4.69, 9.17) is 11.6 Å². The van der Waals surface area contributed by atoms with Crippen LogP contribution in [0.2, 0.25) is 5.02 Å². The molecule has 1 amide bonds. The van der Waals surface area contributed by atoms with E-state index in [9.17, 15) is 13.6 Å². The van der Waals surface area contributed by atoms with Crippen LogP contribution in [0.3, 0.4) is 0 Å². The monoisotopic (exact) mass is 374 g/mol. The molecule has 2 aromatic carbocycles. The predicted molar refractivity (Wildman–Crippen MR) is 95.8 cm³/mol. The number of halogens is 3. The van der Waals surface area contributed by atoms with E-state index in [-0.39, 0.29) is 5.69 Å².